The van der Waals surface area contributed by atoms with E-state index < -0.39 is 24.1 Å². The van der Waals surface area contributed by atoms with Crippen LogP contribution in [-0.2, 0) is 14.3 Å². The van der Waals surface area contributed by atoms with Gasteiger partial charge in [0.1, 0.15) is 6.61 Å². The Morgan fingerprint density at radius 2 is 1.51 bits per heavy atom. The molecule has 2 amide bonds. The predicted molar refractivity (Wildman–Crippen MR) is 131 cm³/mol. The highest BCUT2D eigenvalue weighted by Crippen LogP contribution is 2.44. The number of carboxylic acid groups (broad SMARTS) is 1. The summed E-state index contributed by atoms with van der Waals surface area (Å²) in [6.45, 7) is 0.0881. The molecule has 0 saturated carbocycles. The highest BCUT2D eigenvalue weighted by molar-refractivity contribution is 5.97. The maximum Gasteiger partial charge on any atom is 0.407 e. The van der Waals surface area contributed by atoms with Crippen LogP contribution in [0.4, 0.5) is 10.5 Å². The number of methoxy groups -OCH3 is 1. The maximum absolute atomic E-state index is 12.8. The molecule has 0 aromatic heterocycles. The summed E-state index contributed by atoms with van der Waals surface area (Å²) in [6.07, 6.45) is -1.59. The van der Waals surface area contributed by atoms with Gasteiger partial charge in [-0.15, -0.1) is 0 Å². The third-order valence-electron chi connectivity index (χ3n) is 6.17. The molecule has 0 saturated heterocycles. The molecule has 0 aliphatic heterocycles. The first-order valence-corrected chi connectivity index (χ1v) is 11.1. The Kier molecular flexibility index (Phi) is 7.12. The van der Waals surface area contributed by atoms with E-state index in [9.17, 15) is 14.4 Å². The lowest BCUT2D eigenvalue weighted by atomic mass is 9.98. The second-order valence-corrected chi connectivity index (χ2v) is 8.18. The fraction of sp³-hybridized carbons (Fsp3) is 0.222. The van der Waals surface area contributed by atoms with E-state index in [1.165, 1.54) is 36.3 Å². The van der Waals surface area contributed by atoms with E-state index in [2.05, 4.69) is 17.4 Å². The van der Waals surface area contributed by atoms with Gasteiger partial charge < -0.3 is 24.8 Å². The van der Waals surface area contributed by atoms with Crippen LogP contribution >= 0.6 is 0 Å². The van der Waals surface area contributed by atoms with E-state index >= 15 is 0 Å². The summed E-state index contributed by atoms with van der Waals surface area (Å²) in [5, 5.41) is 11.6. The number of carbonyl (C=O) groups excluding carboxylic acids is 2. The second kappa shape index (κ2) is 10.4. The first-order chi connectivity index (χ1) is 16.9. The number of fused-ring (bicyclic) bond motifs is 3. The van der Waals surface area contributed by atoms with Gasteiger partial charge in [-0.05, 0) is 46.5 Å². The molecule has 1 aliphatic carbocycles. The standard InChI is InChI=1S/C27H26N2O6/c1-29(18-13-11-17(12-14-18)26(31)32)25(30)24(34-2)15-28-27(33)35-16-23-21-9-5-3-7-19(21)20-8-4-6-10-22(20)23/h3-14,23-24H,15-16H2,1-2H3,(H,28,33)(H,31,32). The van der Waals surface area contributed by atoms with E-state index in [4.69, 9.17) is 14.6 Å². The molecule has 2 N–H and O–H groups in total. The molecule has 180 valence electrons. The number of aromatic carboxylic acids is 1. The minimum Gasteiger partial charge on any atom is -0.478 e. The Morgan fingerprint density at radius 1 is 0.943 bits per heavy atom. The number of benzene rings is 3. The quantitative estimate of drug-likeness (QED) is 0.513. The highest BCUT2D eigenvalue weighted by atomic mass is 16.5. The fourth-order valence-electron chi connectivity index (χ4n) is 4.27. The molecule has 0 bridgehead atoms. The van der Waals surface area contributed by atoms with E-state index in [-0.39, 0.29) is 24.6 Å². The average molecular weight is 475 g/mol. The van der Waals surface area contributed by atoms with Crippen LogP contribution < -0.4 is 10.2 Å². The Hall–Kier alpha value is -4.17. The lowest BCUT2D eigenvalue weighted by Crippen LogP contribution is -2.45. The molecule has 4 rings (SSSR count). The number of nitrogens with one attached hydrogen (secondary N) is 1. The molecule has 1 aliphatic rings. The van der Waals surface area contributed by atoms with Gasteiger partial charge in [0, 0.05) is 25.8 Å². The van der Waals surface area contributed by atoms with Gasteiger partial charge in [-0.3, -0.25) is 4.79 Å². The van der Waals surface area contributed by atoms with Crippen molar-refractivity contribution < 1.29 is 29.0 Å². The molecule has 8 heteroatoms. The summed E-state index contributed by atoms with van der Waals surface area (Å²) >= 11 is 0. The van der Waals surface area contributed by atoms with Crippen LogP contribution in [0.3, 0.4) is 0 Å². The Morgan fingerprint density at radius 3 is 2.06 bits per heavy atom. The molecule has 3 aromatic carbocycles. The lowest BCUT2D eigenvalue weighted by molar-refractivity contribution is -0.127. The van der Waals surface area contributed by atoms with Crippen molar-refractivity contribution in [3.05, 3.63) is 89.5 Å². The number of likely N-dealkylation sites (N-methyl/N-ethyl adjacent to an activating group) is 1. The van der Waals surface area contributed by atoms with Crippen LogP contribution in [0.2, 0.25) is 0 Å². The van der Waals surface area contributed by atoms with Crippen molar-refractivity contribution in [1.29, 1.82) is 0 Å². The number of ether oxygens (including phenoxy) is 2. The van der Waals surface area contributed by atoms with E-state index in [0.29, 0.717) is 5.69 Å². The predicted octanol–water partition coefficient (Wildman–Crippen LogP) is 3.90. The van der Waals surface area contributed by atoms with Crippen LogP contribution in [-0.4, -0.2) is 56.5 Å². The topological polar surface area (TPSA) is 105 Å². The van der Waals surface area contributed by atoms with E-state index in [0.717, 1.165) is 22.3 Å². The molecule has 0 heterocycles. The molecule has 3 aromatic rings. The van der Waals surface area contributed by atoms with E-state index in [1.807, 2.05) is 36.4 Å². The number of rotatable bonds is 8. The molecular weight excluding hydrogens is 448 g/mol. The molecular formula is C27H26N2O6. The number of hydrogen-bond donors (Lipinski definition) is 2. The Labute approximate surface area is 203 Å². The van der Waals surface area contributed by atoms with Crippen molar-refractivity contribution in [2.45, 2.75) is 12.0 Å². The zero-order valence-electron chi connectivity index (χ0n) is 19.4. The van der Waals surface area contributed by atoms with Crippen LogP contribution in [0.5, 0.6) is 0 Å². The minimum absolute atomic E-state index is 0.0621. The van der Waals surface area contributed by atoms with Gasteiger partial charge in [-0.25, -0.2) is 9.59 Å². The summed E-state index contributed by atoms with van der Waals surface area (Å²) in [5.41, 5.74) is 5.13. The largest absolute Gasteiger partial charge is 0.478 e. The smallest absolute Gasteiger partial charge is 0.407 e. The molecule has 0 spiro atoms. The van der Waals surface area contributed by atoms with Gasteiger partial charge in [0.2, 0.25) is 0 Å². The summed E-state index contributed by atoms with van der Waals surface area (Å²) < 4.78 is 10.8. The molecule has 35 heavy (non-hydrogen) atoms. The number of carbonyl (C=O) groups is 3. The van der Waals surface area contributed by atoms with E-state index in [1.54, 1.807) is 7.05 Å². The number of nitrogens with zero attached hydrogens (tertiary/aromatic N) is 1. The Balaban J connectivity index is 1.34. The first-order valence-electron chi connectivity index (χ1n) is 11.1. The van der Waals surface area contributed by atoms with Gasteiger partial charge in [0.15, 0.2) is 6.10 Å². The molecule has 0 fully saturated rings. The van der Waals surface area contributed by atoms with Gasteiger partial charge in [0.05, 0.1) is 12.1 Å². The zero-order chi connectivity index (χ0) is 24.9. The number of anilines is 1. The first kappa shape index (κ1) is 24.0. The molecule has 1 atom stereocenters. The van der Waals surface area contributed by atoms with Gasteiger partial charge >= 0.3 is 12.1 Å². The third kappa shape index (κ3) is 5.02. The highest BCUT2D eigenvalue weighted by Gasteiger charge is 2.29. The summed E-state index contributed by atoms with van der Waals surface area (Å²) in [7, 11) is 2.93. The molecule has 0 radical (unpaired) electrons. The monoisotopic (exact) mass is 474 g/mol. The molecule has 8 nitrogen and oxygen atoms in total. The zero-order valence-corrected chi connectivity index (χ0v) is 19.4. The maximum atomic E-state index is 12.8. The lowest BCUT2D eigenvalue weighted by Gasteiger charge is -2.23. The average Bonchev–Trinajstić information content (AvgIpc) is 3.21. The molecule has 1 unspecified atom stereocenters. The summed E-state index contributed by atoms with van der Waals surface area (Å²) in [6, 6.07) is 22.0. The summed E-state index contributed by atoms with van der Waals surface area (Å²) in [4.78, 5) is 37.7. The van der Waals surface area contributed by atoms with Crippen LogP contribution in [0.1, 0.15) is 27.4 Å². The van der Waals surface area contributed by atoms with Crippen molar-refractivity contribution in [3.63, 3.8) is 0 Å². The van der Waals surface area contributed by atoms with Gasteiger partial charge in [0.25, 0.3) is 5.91 Å². The SMILES string of the molecule is COC(CNC(=O)OCC1c2ccccc2-c2ccccc21)C(=O)N(C)c1ccc(C(=O)O)cc1. The van der Waals surface area contributed by atoms with Crippen LogP contribution in [0, 0.1) is 0 Å². The number of hydrogen-bond acceptors (Lipinski definition) is 5. The van der Waals surface area contributed by atoms with Crippen molar-refractivity contribution >= 4 is 23.7 Å². The summed E-state index contributed by atoms with van der Waals surface area (Å²) in [5.74, 6) is -1.50. The van der Waals surface area contributed by atoms with Crippen LogP contribution in [0.15, 0.2) is 72.8 Å². The number of carboxylic acids is 1. The van der Waals surface area contributed by atoms with Gasteiger partial charge in [-0.1, -0.05) is 48.5 Å². The minimum atomic E-state index is -1.05. The number of alkyl carbamates (subject to hydrolysis) is 1. The normalized spacial score (nSPS) is 12.9. The second-order valence-electron chi connectivity index (χ2n) is 8.18. The Bertz CT molecular complexity index is 1190. The van der Waals surface area contributed by atoms with Crippen LogP contribution in [0.25, 0.3) is 11.1 Å². The van der Waals surface area contributed by atoms with Crippen molar-refractivity contribution in [1.82, 2.24) is 5.32 Å². The third-order valence-corrected chi connectivity index (χ3v) is 6.17. The van der Waals surface area contributed by atoms with Crippen molar-refractivity contribution in [2.75, 3.05) is 32.2 Å². The van der Waals surface area contributed by atoms with Gasteiger partial charge in [-0.2, -0.15) is 0 Å². The number of amides is 2. The fourth-order valence-corrected chi connectivity index (χ4v) is 4.27. The van der Waals surface area contributed by atoms with Crippen molar-refractivity contribution in [2.24, 2.45) is 0 Å². The van der Waals surface area contributed by atoms with Crippen molar-refractivity contribution in [3.8, 4) is 11.1 Å².